The highest BCUT2D eigenvalue weighted by Crippen LogP contribution is 2.36. The maximum absolute atomic E-state index is 6.27. The second-order valence-electron chi connectivity index (χ2n) is 4.97. The summed E-state index contributed by atoms with van der Waals surface area (Å²) in [5.41, 5.74) is 0.970. The van der Waals surface area contributed by atoms with Crippen molar-refractivity contribution in [3.05, 3.63) is 22.7 Å². The van der Waals surface area contributed by atoms with Crippen molar-refractivity contribution in [2.45, 2.75) is 26.4 Å². The molecule has 0 heterocycles. The van der Waals surface area contributed by atoms with Crippen LogP contribution in [0.5, 0.6) is 11.5 Å². The number of rotatable bonds is 8. The first-order valence-electron chi connectivity index (χ1n) is 7.51. The molecule has 0 bridgehead atoms. The molecule has 1 aromatic carbocycles. The van der Waals surface area contributed by atoms with Gasteiger partial charge in [-0.3, -0.25) is 4.99 Å². The predicted octanol–water partition coefficient (Wildman–Crippen LogP) is 2.45. The topological polar surface area (TPSA) is 64.1 Å². The molecule has 0 radical (unpaired) electrons. The second kappa shape index (κ2) is 10.2. The van der Waals surface area contributed by atoms with E-state index in [2.05, 4.69) is 15.6 Å². The molecule has 2 N–H and O–H groups in total. The largest absolute Gasteiger partial charge is 0.493 e. The number of nitrogens with one attached hydrogen (secondary N) is 2. The van der Waals surface area contributed by atoms with E-state index < -0.39 is 0 Å². The zero-order valence-corrected chi connectivity index (χ0v) is 15.2. The lowest BCUT2D eigenvalue weighted by Crippen LogP contribution is -2.43. The van der Waals surface area contributed by atoms with Crippen LogP contribution >= 0.6 is 11.6 Å². The van der Waals surface area contributed by atoms with Gasteiger partial charge in [-0.05, 0) is 31.5 Å². The van der Waals surface area contributed by atoms with Crippen molar-refractivity contribution in [2.75, 3.05) is 34.5 Å². The number of halogens is 1. The highest BCUT2D eigenvalue weighted by atomic mass is 35.5. The van der Waals surface area contributed by atoms with E-state index in [0.29, 0.717) is 42.2 Å². The van der Waals surface area contributed by atoms with Crippen LogP contribution in [0.15, 0.2) is 17.1 Å². The van der Waals surface area contributed by atoms with Crippen molar-refractivity contribution in [1.29, 1.82) is 0 Å². The minimum Gasteiger partial charge on any atom is -0.493 e. The van der Waals surface area contributed by atoms with E-state index in [0.717, 1.165) is 5.56 Å². The van der Waals surface area contributed by atoms with E-state index in [1.807, 2.05) is 26.0 Å². The van der Waals surface area contributed by atoms with Crippen LogP contribution in [0.2, 0.25) is 5.02 Å². The van der Waals surface area contributed by atoms with Gasteiger partial charge in [0.25, 0.3) is 0 Å². The number of nitrogens with zero attached hydrogens (tertiary/aromatic N) is 1. The average Bonchev–Trinajstić information content (AvgIpc) is 2.53. The molecule has 1 rings (SSSR count). The lowest BCUT2D eigenvalue weighted by molar-refractivity contribution is 0.179. The third-order valence-electron chi connectivity index (χ3n) is 3.06. The van der Waals surface area contributed by atoms with Gasteiger partial charge in [0.1, 0.15) is 0 Å². The molecule has 130 valence electrons. The van der Waals surface area contributed by atoms with Crippen LogP contribution < -0.4 is 20.1 Å². The summed E-state index contributed by atoms with van der Waals surface area (Å²) < 4.78 is 16.0. The molecular formula is C16H26ClN3O3. The molecule has 0 saturated carbocycles. The minimum absolute atomic E-state index is 0.157. The SMILES string of the molecule is CCOc1c(Cl)cc(CNC(=NC)NC(C)COC)cc1OC. The van der Waals surface area contributed by atoms with Gasteiger partial charge < -0.3 is 24.8 Å². The number of methoxy groups -OCH3 is 2. The summed E-state index contributed by atoms with van der Waals surface area (Å²) in [6, 6.07) is 3.91. The normalized spacial score (nSPS) is 12.7. The predicted molar refractivity (Wildman–Crippen MR) is 93.8 cm³/mol. The lowest BCUT2D eigenvalue weighted by Gasteiger charge is -2.18. The molecule has 6 nitrogen and oxygen atoms in total. The zero-order valence-electron chi connectivity index (χ0n) is 14.4. The van der Waals surface area contributed by atoms with Crippen LogP contribution in [0.4, 0.5) is 0 Å². The Kier molecular flexibility index (Phi) is 8.58. The van der Waals surface area contributed by atoms with Crippen LogP contribution in [0.1, 0.15) is 19.4 Å². The second-order valence-corrected chi connectivity index (χ2v) is 5.38. The molecule has 0 aliphatic carbocycles. The van der Waals surface area contributed by atoms with Gasteiger partial charge in [0.2, 0.25) is 0 Å². The van der Waals surface area contributed by atoms with Crippen molar-refractivity contribution in [2.24, 2.45) is 4.99 Å². The first-order valence-corrected chi connectivity index (χ1v) is 7.88. The molecule has 7 heteroatoms. The number of benzene rings is 1. The Labute approximate surface area is 143 Å². The van der Waals surface area contributed by atoms with Crippen LogP contribution in [-0.2, 0) is 11.3 Å². The molecule has 0 aliphatic rings. The van der Waals surface area contributed by atoms with E-state index in [9.17, 15) is 0 Å². The van der Waals surface area contributed by atoms with Gasteiger partial charge in [0.05, 0.1) is 25.3 Å². The number of hydrogen-bond acceptors (Lipinski definition) is 4. The molecule has 23 heavy (non-hydrogen) atoms. The van der Waals surface area contributed by atoms with Crippen LogP contribution in [-0.4, -0.2) is 46.5 Å². The molecule has 1 aromatic rings. The Bertz CT molecular complexity index is 524. The first kappa shape index (κ1) is 19.4. The van der Waals surface area contributed by atoms with E-state index >= 15 is 0 Å². The van der Waals surface area contributed by atoms with Gasteiger partial charge in [-0.25, -0.2) is 0 Å². The maximum atomic E-state index is 6.27. The third-order valence-corrected chi connectivity index (χ3v) is 3.34. The third kappa shape index (κ3) is 6.15. The Morgan fingerprint density at radius 1 is 1.35 bits per heavy atom. The Hall–Kier alpha value is -1.66. The Morgan fingerprint density at radius 2 is 2.09 bits per heavy atom. The molecule has 0 fully saturated rings. The maximum Gasteiger partial charge on any atom is 0.191 e. The first-order chi connectivity index (χ1) is 11.0. The number of ether oxygens (including phenoxy) is 3. The molecule has 0 aromatic heterocycles. The highest BCUT2D eigenvalue weighted by Gasteiger charge is 2.12. The fourth-order valence-corrected chi connectivity index (χ4v) is 2.35. The molecular weight excluding hydrogens is 318 g/mol. The fraction of sp³-hybridized carbons (Fsp3) is 0.562. The minimum atomic E-state index is 0.157. The van der Waals surface area contributed by atoms with Gasteiger partial charge in [-0.15, -0.1) is 0 Å². The average molecular weight is 344 g/mol. The summed E-state index contributed by atoms with van der Waals surface area (Å²) in [5, 5.41) is 7.00. The number of guanidine groups is 1. The van der Waals surface area contributed by atoms with Crippen molar-refractivity contribution in [3.8, 4) is 11.5 Å². The van der Waals surface area contributed by atoms with Crippen molar-refractivity contribution < 1.29 is 14.2 Å². The smallest absolute Gasteiger partial charge is 0.191 e. The van der Waals surface area contributed by atoms with Crippen LogP contribution in [0, 0.1) is 0 Å². The highest BCUT2D eigenvalue weighted by molar-refractivity contribution is 6.32. The van der Waals surface area contributed by atoms with E-state index in [1.165, 1.54) is 0 Å². The number of hydrogen-bond donors (Lipinski definition) is 2. The van der Waals surface area contributed by atoms with Gasteiger partial charge >= 0.3 is 0 Å². The van der Waals surface area contributed by atoms with E-state index in [1.54, 1.807) is 21.3 Å². The Balaban J connectivity index is 2.75. The van der Waals surface area contributed by atoms with Crippen molar-refractivity contribution in [3.63, 3.8) is 0 Å². The number of aliphatic imine (C=N–C) groups is 1. The van der Waals surface area contributed by atoms with Gasteiger partial charge in [-0.1, -0.05) is 11.6 Å². The van der Waals surface area contributed by atoms with Gasteiger partial charge in [0.15, 0.2) is 17.5 Å². The van der Waals surface area contributed by atoms with E-state index in [4.69, 9.17) is 25.8 Å². The molecule has 0 aliphatic heterocycles. The summed E-state index contributed by atoms with van der Waals surface area (Å²) in [4.78, 5) is 4.19. The quantitative estimate of drug-likeness (QED) is 0.560. The molecule has 1 unspecified atom stereocenters. The van der Waals surface area contributed by atoms with Crippen molar-refractivity contribution >= 4 is 17.6 Å². The zero-order chi connectivity index (χ0) is 17.2. The summed E-state index contributed by atoms with van der Waals surface area (Å²) in [7, 11) is 4.99. The fourth-order valence-electron chi connectivity index (χ4n) is 2.07. The Morgan fingerprint density at radius 3 is 2.65 bits per heavy atom. The van der Waals surface area contributed by atoms with E-state index in [-0.39, 0.29) is 6.04 Å². The molecule has 1 atom stereocenters. The van der Waals surface area contributed by atoms with Crippen LogP contribution in [0.25, 0.3) is 0 Å². The summed E-state index contributed by atoms with van der Waals surface area (Å²) in [6.07, 6.45) is 0. The summed E-state index contributed by atoms with van der Waals surface area (Å²) >= 11 is 6.27. The molecule has 0 amide bonds. The van der Waals surface area contributed by atoms with Gasteiger partial charge in [0, 0.05) is 26.7 Å². The van der Waals surface area contributed by atoms with Gasteiger partial charge in [-0.2, -0.15) is 0 Å². The summed E-state index contributed by atoms with van der Waals surface area (Å²) in [5.74, 6) is 1.88. The van der Waals surface area contributed by atoms with Crippen molar-refractivity contribution in [1.82, 2.24) is 10.6 Å². The lowest BCUT2D eigenvalue weighted by atomic mass is 10.2. The van der Waals surface area contributed by atoms with Crippen LogP contribution in [0.3, 0.4) is 0 Å². The summed E-state index contributed by atoms with van der Waals surface area (Å²) in [6.45, 7) is 5.61. The molecule has 0 spiro atoms. The molecule has 0 saturated heterocycles. The standard InChI is InChI=1S/C16H26ClN3O3/c1-6-23-15-13(17)7-12(8-14(15)22-5)9-19-16(18-3)20-11(2)10-21-4/h7-8,11H,6,9-10H2,1-5H3,(H2,18,19,20). The monoisotopic (exact) mass is 343 g/mol.